The monoisotopic (exact) mass is 558 g/mol. The smallest absolute Gasteiger partial charge is 0.0535 e. The van der Waals surface area contributed by atoms with Gasteiger partial charge in [-0.15, -0.1) is 0 Å². The molecule has 6 aliphatic heterocycles. The van der Waals surface area contributed by atoms with E-state index in [0.717, 1.165) is 19.1 Å². The van der Waals surface area contributed by atoms with E-state index in [9.17, 15) is 0 Å². The molecular formula is C34H63N5O. The highest BCUT2D eigenvalue weighted by Crippen LogP contribution is 2.49. The second-order valence-corrected chi connectivity index (χ2v) is 17.9. The molecule has 3 spiro atoms. The Labute approximate surface area is 246 Å². The van der Waals surface area contributed by atoms with E-state index in [0.29, 0.717) is 27.8 Å². The Kier molecular flexibility index (Phi) is 7.78. The maximum atomic E-state index is 5.92. The summed E-state index contributed by atoms with van der Waals surface area (Å²) in [7, 11) is 0. The van der Waals surface area contributed by atoms with Crippen LogP contribution >= 0.6 is 0 Å². The largest absolute Gasteiger partial charge is 0.381 e. The fraction of sp³-hybridized carbons (Fsp3) is 1.00. The van der Waals surface area contributed by atoms with Crippen molar-refractivity contribution >= 4 is 0 Å². The van der Waals surface area contributed by atoms with E-state index >= 15 is 0 Å². The van der Waals surface area contributed by atoms with Crippen LogP contribution in [-0.4, -0.2) is 109 Å². The van der Waals surface area contributed by atoms with Gasteiger partial charge in [0.25, 0.3) is 0 Å². The minimum Gasteiger partial charge on any atom is -0.381 e. The van der Waals surface area contributed by atoms with Crippen LogP contribution in [0.15, 0.2) is 0 Å². The molecule has 0 radical (unpaired) electrons. The average molecular weight is 558 g/mol. The molecule has 0 aromatic rings. The van der Waals surface area contributed by atoms with Crippen LogP contribution in [0.1, 0.15) is 99.8 Å². The summed E-state index contributed by atoms with van der Waals surface area (Å²) in [5, 5.41) is 7.67. The van der Waals surface area contributed by atoms with Gasteiger partial charge in [-0.05, 0) is 131 Å². The topological polar surface area (TPSA) is 43.0 Å². The number of piperidine rings is 3. The maximum Gasteiger partial charge on any atom is 0.0535 e. The van der Waals surface area contributed by atoms with Gasteiger partial charge in [0.2, 0.25) is 0 Å². The predicted octanol–water partition coefficient (Wildman–Crippen LogP) is 4.59. The molecule has 0 amide bonds. The Morgan fingerprint density at radius 2 is 1.50 bits per heavy atom. The predicted molar refractivity (Wildman–Crippen MR) is 166 cm³/mol. The molecule has 0 saturated carbocycles. The van der Waals surface area contributed by atoms with Crippen molar-refractivity contribution in [3.63, 3.8) is 0 Å². The van der Waals surface area contributed by atoms with Gasteiger partial charge in [0.1, 0.15) is 0 Å². The van der Waals surface area contributed by atoms with Crippen LogP contribution in [0.5, 0.6) is 0 Å². The van der Waals surface area contributed by atoms with Crippen LogP contribution in [0.2, 0.25) is 0 Å². The van der Waals surface area contributed by atoms with Crippen molar-refractivity contribution in [2.75, 3.05) is 72.1 Å². The molecule has 0 bridgehead atoms. The highest BCUT2D eigenvalue weighted by molar-refractivity contribution is 5.08. The van der Waals surface area contributed by atoms with Crippen LogP contribution in [-0.2, 0) is 4.74 Å². The quantitative estimate of drug-likeness (QED) is 0.498. The van der Waals surface area contributed by atoms with Gasteiger partial charge in [0, 0.05) is 79.4 Å². The normalized spacial score (nSPS) is 35.8. The molecule has 0 aromatic heterocycles. The first kappa shape index (κ1) is 29.8. The number of nitrogens with one attached hydrogen (secondary N) is 2. The number of ether oxygens (including phenoxy) is 1. The maximum absolute atomic E-state index is 5.92. The van der Waals surface area contributed by atoms with Gasteiger partial charge in [0.05, 0.1) is 6.61 Å². The number of hydrogen-bond donors (Lipinski definition) is 2. The molecule has 2 N–H and O–H groups in total. The Hall–Kier alpha value is -0.240. The summed E-state index contributed by atoms with van der Waals surface area (Å²) in [6.07, 6.45) is 10.7. The molecule has 6 heterocycles. The molecule has 3 unspecified atom stereocenters. The minimum atomic E-state index is 0.237. The molecule has 0 aromatic carbocycles. The van der Waals surface area contributed by atoms with Crippen LogP contribution < -0.4 is 10.6 Å². The van der Waals surface area contributed by atoms with Gasteiger partial charge in [-0.3, -0.25) is 14.7 Å². The van der Waals surface area contributed by atoms with Crippen molar-refractivity contribution in [1.82, 2.24) is 25.3 Å². The van der Waals surface area contributed by atoms with E-state index in [4.69, 9.17) is 4.74 Å². The van der Waals surface area contributed by atoms with Crippen molar-refractivity contribution in [2.24, 2.45) is 22.2 Å². The second kappa shape index (κ2) is 10.4. The van der Waals surface area contributed by atoms with E-state index < -0.39 is 0 Å². The summed E-state index contributed by atoms with van der Waals surface area (Å²) in [4.78, 5) is 8.50. The van der Waals surface area contributed by atoms with Crippen molar-refractivity contribution in [2.45, 2.75) is 122 Å². The first-order valence-corrected chi connectivity index (χ1v) is 17.0. The summed E-state index contributed by atoms with van der Waals surface area (Å²) in [5.41, 5.74) is 2.31. The van der Waals surface area contributed by atoms with Crippen molar-refractivity contribution < 1.29 is 4.74 Å². The van der Waals surface area contributed by atoms with Crippen LogP contribution in [0.4, 0.5) is 0 Å². The van der Waals surface area contributed by atoms with Crippen molar-refractivity contribution in [1.29, 1.82) is 0 Å². The Balaban J connectivity index is 1.10. The molecule has 6 aliphatic rings. The Morgan fingerprint density at radius 1 is 0.775 bits per heavy atom. The zero-order chi connectivity index (χ0) is 28.4. The van der Waals surface area contributed by atoms with Gasteiger partial charge < -0.3 is 15.4 Å². The lowest BCUT2D eigenvalue weighted by atomic mass is 9.61. The lowest BCUT2D eigenvalue weighted by Crippen LogP contribution is -2.68. The first-order valence-electron chi connectivity index (χ1n) is 17.0. The third-order valence-corrected chi connectivity index (χ3v) is 13.0. The molecule has 230 valence electrons. The molecule has 6 fully saturated rings. The fourth-order valence-corrected chi connectivity index (χ4v) is 9.92. The second-order valence-electron chi connectivity index (χ2n) is 17.9. The van der Waals surface area contributed by atoms with Crippen molar-refractivity contribution in [3.05, 3.63) is 0 Å². The van der Waals surface area contributed by atoms with E-state index in [-0.39, 0.29) is 11.1 Å². The average Bonchev–Trinajstić information content (AvgIpc) is 3.27. The fourth-order valence-electron chi connectivity index (χ4n) is 9.92. The van der Waals surface area contributed by atoms with Gasteiger partial charge >= 0.3 is 0 Å². The lowest BCUT2D eigenvalue weighted by Gasteiger charge is -2.60. The zero-order valence-corrected chi connectivity index (χ0v) is 27.3. The minimum absolute atomic E-state index is 0.237. The number of nitrogens with zero attached hydrogens (tertiary/aromatic N) is 3. The summed E-state index contributed by atoms with van der Waals surface area (Å²) >= 11 is 0. The van der Waals surface area contributed by atoms with E-state index in [1.165, 1.54) is 110 Å². The summed E-state index contributed by atoms with van der Waals surface area (Å²) in [6.45, 7) is 30.7. The molecule has 6 nitrogen and oxygen atoms in total. The third kappa shape index (κ3) is 5.68. The van der Waals surface area contributed by atoms with E-state index in [2.05, 4.69) is 73.8 Å². The lowest BCUT2D eigenvalue weighted by molar-refractivity contribution is -0.0934. The molecular weight excluding hydrogens is 494 g/mol. The van der Waals surface area contributed by atoms with E-state index in [1.54, 1.807) is 0 Å². The van der Waals surface area contributed by atoms with Gasteiger partial charge in [-0.2, -0.15) is 0 Å². The van der Waals surface area contributed by atoms with Crippen LogP contribution in [0, 0.1) is 22.2 Å². The summed E-state index contributed by atoms with van der Waals surface area (Å²) in [5.74, 6) is 0.770. The molecule has 6 rings (SSSR count). The molecule has 6 heteroatoms. The van der Waals surface area contributed by atoms with Gasteiger partial charge in [-0.1, -0.05) is 0 Å². The molecule has 3 atom stereocenters. The number of hydrogen-bond acceptors (Lipinski definition) is 6. The number of rotatable bonds is 6. The summed E-state index contributed by atoms with van der Waals surface area (Å²) in [6, 6.07) is 0.653. The van der Waals surface area contributed by atoms with Gasteiger partial charge in [0.15, 0.2) is 0 Å². The standard InChI is InChI=1S/C34H63N5O/c1-29(2,3)39-24-33(25-39)10-13-36-28(19-33)18-31(6,7)37-15-11-34(21-35-22-34)27(20-37)17-30(4,5)38-14-8-9-32(23-38)12-16-40-26-32/h27-28,35-36H,8-26H2,1-7H3. The zero-order valence-electron chi connectivity index (χ0n) is 27.3. The Bertz CT molecular complexity index is 892. The SMILES string of the molecule is CC(C)(C)N1CC2(CCNC(CC(C)(C)N3CCC4(CNC4)C(CC(C)(C)N4CCCC5(CCOC5)C4)C3)C2)C1. The van der Waals surface area contributed by atoms with Gasteiger partial charge in [-0.25, -0.2) is 0 Å². The highest BCUT2D eigenvalue weighted by atomic mass is 16.5. The Morgan fingerprint density at radius 3 is 2.15 bits per heavy atom. The molecule has 6 saturated heterocycles. The van der Waals surface area contributed by atoms with E-state index in [1.807, 2.05) is 0 Å². The van der Waals surface area contributed by atoms with Crippen LogP contribution in [0.25, 0.3) is 0 Å². The molecule has 40 heavy (non-hydrogen) atoms. The summed E-state index contributed by atoms with van der Waals surface area (Å²) < 4.78 is 5.92. The molecule has 0 aliphatic carbocycles. The highest BCUT2D eigenvalue weighted by Gasteiger charge is 2.53. The first-order chi connectivity index (χ1) is 18.7. The van der Waals surface area contributed by atoms with Crippen LogP contribution in [0.3, 0.4) is 0 Å². The van der Waals surface area contributed by atoms with Crippen molar-refractivity contribution in [3.8, 4) is 0 Å². The third-order valence-electron chi connectivity index (χ3n) is 13.0. The number of likely N-dealkylation sites (tertiary alicyclic amines) is 3.